The fourth-order valence-electron chi connectivity index (χ4n) is 1.48. The van der Waals surface area contributed by atoms with Crippen LogP contribution in [0.2, 0.25) is 0 Å². The Morgan fingerprint density at radius 3 is 2.41 bits per heavy atom. The van der Waals surface area contributed by atoms with Crippen LogP contribution in [-0.4, -0.2) is 45.2 Å². The predicted octanol–water partition coefficient (Wildman–Crippen LogP) is 1.34. The lowest BCUT2D eigenvalue weighted by Gasteiger charge is -2.14. The number of esters is 1. The molecule has 0 saturated heterocycles. The van der Waals surface area contributed by atoms with Crippen LogP contribution < -0.4 is 4.74 Å². The molecule has 1 aromatic rings. The van der Waals surface area contributed by atoms with Crippen molar-refractivity contribution >= 4 is 5.97 Å². The number of carbonyl (C=O) groups excluding carboxylic acids is 1. The summed E-state index contributed by atoms with van der Waals surface area (Å²) in [5.74, 6) is 0.652. The van der Waals surface area contributed by atoms with Crippen molar-refractivity contribution in [2.24, 2.45) is 0 Å². The fraction of sp³-hybridized carbons (Fsp3) is 0.462. The number of carbonyl (C=O) groups is 1. The third-order valence-electron chi connectivity index (χ3n) is 2.57. The van der Waals surface area contributed by atoms with Gasteiger partial charge in [0.2, 0.25) is 0 Å². The number of ether oxygens (including phenoxy) is 2. The lowest BCUT2D eigenvalue weighted by Crippen LogP contribution is -2.28. The summed E-state index contributed by atoms with van der Waals surface area (Å²) in [5, 5.41) is 0. The topological polar surface area (TPSA) is 38.8 Å². The standard InChI is InChI=1S/C13H19NO3/c1-14(10-13(15)17-3)9-8-11-4-6-12(16-2)7-5-11/h4-7H,8-10H2,1-3H3. The van der Waals surface area contributed by atoms with E-state index in [1.807, 2.05) is 36.2 Å². The maximum atomic E-state index is 11.0. The maximum absolute atomic E-state index is 11.0. The highest BCUT2D eigenvalue weighted by molar-refractivity contribution is 5.71. The summed E-state index contributed by atoms with van der Waals surface area (Å²) >= 11 is 0. The molecular weight excluding hydrogens is 218 g/mol. The molecule has 0 amide bonds. The summed E-state index contributed by atoms with van der Waals surface area (Å²) < 4.78 is 9.70. The molecule has 0 saturated carbocycles. The molecule has 0 atom stereocenters. The van der Waals surface area contributed by atoms with Gasteiger partial charge in [-0.2, -0.15) is 0 Å². The molecule has 0 fully saturated rings. The lowest BCUT2D eigenvalue weighted by atomic mass is 10.1. The third kappa shape index (κ3) is 4.87. The minimum atomic E-state index is -0.206. The van der Waals surface area contributed by atoms with E-state index >= 15 is 0 Å². The van der Waals surface area contributed by atoms with Gasteiger partial charge in [0.05, 0.1) is 20.8 Å². The molecule has 0 heterocycles. The largest absolute Gasteiger partial charge is 0.497 e. The van der Waals surface area contributed by atoms with Crippen LogP contribution >= 0.6 is 0 Å². The molecule has 0 N–H and O–H groups in total. The SMILES string of the molecule is COC(=O)CN(C)CCc1ccc(OC)cc1. The van der Waals surface area contributed by atoms with Crippen LogP contribution in [0.4, 0.5) is 0 Å². The van der Waals surface area contributed by atoms with Crippen molar-refractivity contribution in [2.45, 2.75) is 6.42 Å². The van der Waals surface area contributed by atoms with Crippen LogP contribution in [0, 0.1) is 0 Å². The minimum absolute atomic E-state index is 0.206. The Bertz CT molecular complexity index is 348. The van der Waals surface area contributed by atoms with Crippen molar-refractivity contribution in [1.82, 2.24) is 4.90 Å². The Morgan fingerprint density at radius 2 is 1.88 bits per heavy atom. The highest BCUT2D eigenvalue weighted by Crippen LogP contribution is 2.11. The van der Waals surface area contributed by atoms with E-state index in [9.17, 15) is 4.79 Å². The molecule has 0 aliphatic heterocycles. The van der Waals surface area contributed by atoms with Crippen LogP contribution in [0.5, 0.6) is 5.75 Å². The molecule has 0 bridgehead atoms. The molecule has 0 radical (unpaired) electrons. The number of hydrogen-bond donors (Lipinski definition) is 0. The first-order valence-electron chi connectivity index (χ1n) is 5.54. The molecule has 94 valence electrons. The van der Waals surface area contributed by atoms with E-state index in [4.69, 9.17) is 4.74 Å². The van der Waals surface area contributed by atoms with E-state index in [0.29, 0.717) is 6.54 Å². The molecule has 0 spiro atoms. The number of methoxy groups -OCH3 is 2. The average Bonchev–Trinajstić information content (AvgIpc) is 2.36. The van der Waals surface area contributed by atoms with Gasteiger partial charge in [0.15, 0.2) is 0 Å². The second-order valence-corrected chi connectivity index (χ2v) is 3.91. The van der Waals surface area contributed by atoms with Crippen LogP contribution in [0.15, 0.2) is 24.3 Å². The van der Waals surface area contributed by atoms with E-state index in [2.05, 4.69) is 4.74 Å². The van der Waals surface area contributed by atoms with Gasteiger partial charge in [-0.1, -0.05) is 12.1 Å². The number of hydrogen-bond acceptors (Lipinski definition) is 4. The smallest absolute Gasteiger partial charge is 0.319 e. The Kier molecular flexibility index (Phi) is 5.49. The molecule has 0 unspecified atom stereocenters. The monoisotopic (exact) mass is 237 g/mol. The van der Waals surface area contributed by atoms with Gasteiger partial charge in [0, 0.05) is 6.54 Å². The van der Waals surface area contributed by atoms with E-state index < -0.39 is 0 Å². The second-order valence-electron chi connectivity index (χ2n) is 3.91. The number of rotatable bonds is 6. The van der Waals surface area contributed by atoms with Crippen molar-refractivity contribution in [3.63, 3.8) is 0 Å². The molecular formula is C13H19NO3. The van der Waals surface area contributed by atoms with Crippen molar-refractivity contribution in [3.8, 4) is 5.75 Å². The van der Waals surface area contributed by atoms with Gasteiger partial charge in [0.1, 0.15) is 5.75 Å². The van der Waals surface area contributed by atoms with Crippen molar-refractivity contribution in [1.29, 1.82) is 0 Å². The lowest BCUT2D eigenvalue weighted by molar-refractivity contribution is -0.141. The fourth-order valence-corrected chi connectivity index (χ4v) is 1.48. The minimum Gasteiger partial charge on any atom is -0.497 e. The number of likely N-dealkylation sites (N-methyl/N-ethyl adjacent to an activating group) is 1. The molecule has 1 aromatic carbocycles. The molecule has 0 aromatic heterocycles. The summed E-state index contributed by atoms with van der Waals surface area (Å²) in [6, 6.07) is 7.95. The summed E-state index contributed by atoms with van der Waals surface area (Å²) in [6.07, 6.45) is 0.900. The van der Waals surface area contributed by atoms with E-state index in [1.165, 1.54) is 12.7 Å². The van der Waals surface area contributed by atoms with Gasteiger partial charge in [0.25, 0.3) is 0 Å². The summed E-state index contributed by atoms with van der Waals surface area (Å²) in [7, 11) is 4.96. The van der Waals surface area contributed by atoms with Crippen LogP contribution in [0.1, 0.15) is 5.56 Å². The van der Waals surface area contributed by atoms with Crippen molar-refractivity contribution in [3.05, 3.63) is 29.8 Å². The summed E-state index contributed by atoms with van der Waals surface area (Å²) in [6.45, 7) is 1.15. The van der Waals surface area contributed by atoms with Gasteiger partial charge in [-0.25, -0.2) is 0 Å². The second kappa shape index (κ2) is 6.91. The van der Waals surface area contributed by atoms with Crippen molar-refractivity contribution < 1.29 is 14.3 Å². The molecule has 17 heavy (non-hydrogen) atoms. The van der Waals surface area contributed by atoms with Crippen molar-refractivity contribution in [2.75, 3.05) is 34.4 Å². The molecule has 1 rings (SSSR count). The quantitative estimate of drug-likeness (QED) is 0.700. The van der Waals surface area contributed by atoms with Gasteiger partial charge < -0.3 is 9.47 Å². The Hall–Kier alpha value is -1.55. The van der Waals surface area contributed by atoms with E-state index in [0.717, 1.165) is 18.7 Å². The first-order valence-corrected chi connectivity index (χ1v) is 5.54. The zero-order valence-electron chi connectivity index (χ0n) is 10.6. The zero-order valence-corrected chi connectivity index (χ0v) is 10.6. The average molecular weight is 237 g/mol. The summed E-state index contributed by atoms with van der Waals surface area (Å²) in [4.78, 5) is 13.0. The molecule has 0 aliphatic carbocycles. The van der Waals surface area contributed by atoms with Crippen LogP contribution in [0.25, 0.3) is 0 Å². The van der Waals surface area contributed by atoms with Gasteiger partial charge >= 0.3 is 5.97 Å². The Morgan fingerprint density at radius 1 is 1.24 bits per heavy atom. The molecule has 4 heteroatoms. The third-order valence-corrected chi connectivity index (χ3v) is 2.57. The summed E-state index contributed by atoms with van der Waals surface area (Å²) in [5.41, 5.74) is 1.22. The zero-order chi connectivity index (χ0) is 12.7. The normalized spacial score (nSPS) is 10.4. The maximum Gasteiger partial charge on any atom is 0.319 e. The van der Waals surface area contributed by atoms with E-state index in [1.54, 1.807) is 7.11 Å². The molecule has 4 nitrogen and oxygen atoms in total. The highest BCUT2D eigenvalue weighted by Gasteiger charge is 2.05. The Labute approximate surface area is 102 Å². The van der Waals surface area contributed by atoms with Crippen LogP contribution in [-0.2, 0) is 16.0 Å². The highest BCUT2D eigenvalue weighted by atomic mass is 16.5. The first kappa shape index (κ1) is 13.5. The van der Waals surface area contributed by atoms with Gasteiger partial charge in [-0.05, 0) is 31.2 Å². The number of nitrogens with zero attached hydrogens (tertiary/aromatic N) is 1. The molecule has 0 aliphatic rings. The number of benzene rings is 1. The van der Waals surface area contributed by atoms with Crippen LogP contribution in [0.3, 0.4) is 0 Å². The van der Waals surface area contributed by atoms with Gasteiger partial charge in [-0.15, -0.1) is 0 Å². The predicted molar refractivity (Wildman–Crippen MR) is 66.2 cm³/mol. The van der Waals surface area contributed by atoms with Gasteiger partial charge in [-0.3, -0.25) is 9.69 Å². The van der Waals surface area contributed by atoms with E-state index in [-0.39, 0.29) is 5.97 Å². The Balaban J connectivity index is 2.36. The first-order chi connectivity index (χ1) is 8.15.